The van der Waals surface area contributed by atoms with Crippen molar-refractivity contribution < 1.29 is 18.4 Å². The van der Waals surface area contributed by atoms with Gasteiger partial charge in [-0.3, -0.25) is 4.79 Å². The maximum atomic E-state index is 12.9. The molecule has 1 aliphatic heterocycles. The summed E-state index contributed by atoms with van der Waals surface area (Å²) in [5.41, 5.74) is 0.517. The Labute approximate surface area is 145 Å². The van der Waals surface area contributed by atoms with Crippen LogP contribution >= 0.6 is 0 Å². The Balaban J connectivity index is 1.42. The number of aryl methyl sites for hydroxylation is 1. The van der Waals surface area contributed by atoms with Gasteiger partial charge in [0.15, 0.2) is 0 Å². The minimum absolute atomic E-state index is 0.0552. The molecule has 1 aliphatic rings. The molecule has 1 saturated heterocycles. The number of benzene rings is 1. The molecule has 0 aliphatic carbocycles. The van der Waals surface area contributed by atoms with Crippen LogP contribution in [0.15, 0.2) is 47.1 Å². The van der Waals surface area contributed by atoms with Crippen molar-refractivity contribution in [3.8, 4) is 0 Å². The molecule has 3 rings (SSSR count). The second-order valence-electron chi connectivity index (χ2n) is 6.01. The lowest BCUT2D eigenvalue weighted by atomic mass is 10.2. The number of hydrogen-bond acceptors (Lipinski definition) is 3. The third kappa shape index (κ3) is 4.82. The van der Waals surface area contributed by atoms with E-state index in [0.717, 1.165) is 5.76 Å². The lowest BCUT2D eigenvalue weighted by Crippen LogP contribution is -2.40. The van der Waals surface area contributed by atoms with E-state index < -0.39 is 0 Å². The van der Waals surface area contributed by atoms with Crippen LogP contribution in [0.2, 0.25) is 0 Å². The molecule has 1 aromatic carbocycles. The second-order valence-corrected chi connectivity index (χ2v) is 6.01. The van der Waals surface area contributed by atoms with E-state index in [2.05, 4.69) is 10.6 Å². The highest BCUT2D eigenvalue weighted by atomic mass is 19.1. The Morgan fingerprint density at radius 2 is 2.04 bits per heavy atom. The van der Waals surface area contributed by atoms with Crippen molar-refractivity contribution in [1.82, 2.24) is 10.2 Å². The fourth-order valence-corrected chi connectivity index (χ4v) is 2.83. The lowest BCUT2D eigenvalue weighted by Gasteiger charge is -2.17. The van der Waals surface area contributed by atoms with Gasteiger partial charge in [0.2, 0.25) is 5.91 Å². The number of hydrogen-bond donors (Lipinski definition) is 2. The van der Waals surface area contributed by atoms with Crippen molar-refractivity contribution in [1.29, 1.82) is 0 Å². The van der Waals surface area contributed by atoms with Crippen molar-refractivity contribution in [2.24, 2.45) is 0 Å². The molecule has 132 valence electrons. The first-order valence-corrected chi connectivity index (χ1v) is 8.23. The molecule has 0 spiro atoms. The maximum Gasteiger partial charge on any atom is 0.319 e. The van der Waals surface area contributed by atoms with Crippen molar-refractivity contribution in [2.45, 2.75) is 25.3 Å². The Morgan fingerprint density at radius 1 is 1.24 bits per heavy atom. The number of rotatable bonds is 5. The monoisotopic (exact) mass is 345 g/mol. The number of nitrogens with zero attached hydrogens (tertiary/aromatic N) is 1. The summed E-state index contributed by atoms with van der Waals surface area (Å²) in [4.78, 5) is 26.0. The van der Waals surface area contributed by atoms with Crippen molar-refractivity contribution in [3.05, 3.63) is 54.2 Å². The molecule has 7 heteroatoms. The Morgan fingerprint density at radius 3 is 2.76 bits per heavy atom. The Hall–Kier alpha value is -2.83. The zero-order valence-corrected chi connectivity index (χ0v) is 13.7. The molecule has 0 bridgehead atoms. The van der Waals surface area contributed by atoms with Crippen LogP contribution in [0.5, 0.6) is 0 Å². The van der Waals surface area contributed by atoms with Gasteiger partial charge < -0.3 is 20.0 Å². The predicted molar refractivity (Wildman–Crippen MR) is 90.6 cm³/mol. The van der Waals surface area contributed by atoms with E-state index in [4.69, 9.17) is 4.42 Å². The molecular weight excluding hydrogens is 325 g/mol. The van der Waals surface area contributed by atoms with E-state index in [1.807, 2.05) is 6.07 Å². The molecule has 6 nitrogen and oxygen atoms in total. The minimum Gasteiger partial charge on any atom is -0.469 e. The van der Waals surface area contributed by atoms with E-state index >= 15 is 0 Å². The maximum absolute atomic E-state index is 12.9. The van der Waals surface area contributed by atoms with E-state index in [1.54, 1.807) is 17.2 Å². The number of carbonyl (C=O) groups excluding carboxylic acids is 2. The fourth-order valence-electron chi connectivity index (χ4n) is 2.83. The van der Waals surface area contributed by atoms with Gasteiger partial charge in [0.1, 0.15) is 11.6 Å². The van der Waals surface area contributed by atoms with Crippen LogP contribution in [0, 0.1) is 5.82 Å². The third-order valence-corrected chi connectivity index (χ3v) is 4.14. The number of halogens is 1. The zero-order chi connectivity index (χ0) is 17.6. The average molecular weight is 345 g/mol. The molecule has 1 fully saturated rings. The third-order valence-electron chi connectivity index (χ3n) is 4.14. The van der Waals surface area contributed by atoms with Gasteiger partial charge in [0.05, 0.1) is 6.26 Å². The highest BCUT2D eigenvalue weighted by Crippen LogP contribution is 2.13. The number of nitrogens with one attached hydrogen (secondary N) is 2. The van der Waals surface area contributed by atoms with Crippen LogP contribution in [0.3, 0.4) is 0 Å². The standard InChI is InChI=1S/C18H20FN3O3/c19-13-3-5-14(6-4-13)20-18(24)21-15-9-10-22(12-15)17(23)8-7-16-2-1-11-25-16/h1-6,11,15H,7-10,12H2,(H2,20,21,24)/t15-/m0/s1. The van der Waals surface area contributed by atoms with Gasteiger partial charge in [-0.2, -0.15) is 0 Å². The summed E-state index contributed by atoms with van der Waals surface area (Å²) >= 11 is 0. The van der Waals surface area contributed by atoms with Crippen LogP contribution in [-0.2, 0) is 11.2 Å². The molecule has 1 atom stereocenters. The fraction of sp³-hybridized carbons (Fsp3) is 0.333. The van der Waals surface area contributed by atoms with Crippen molar-refractivity contribution >= 4 is 17.6 Å². The van der Waals surface area contributed by atoms with Crippen LogP contribution in [0.1, 0.15) is 18.6 Å². The number of urea groups is 1. The summed E-state index contributed by atoms with van der Waals surface area (Å²) in [5.74, 6) is 0.492. The zero-order valence-electron chi connectivity index (χ0n) is 13.7. The Kier molecular flexibility index (Phi) is 5.33. The summed E-state index contributed by atoms with van der Waals surface area (Å²) in [5, 5.41) is 5.49. The first-order chi connectivity index (χ1) is 12.1. The Bertz CT molecular complexity index is 716. The van der Waals surface area contributed by atoms with E-state index in [0.29, 0.717) is 38.0 Å². The molecule has 2 aromatic rings. The summed E-state index contributed by atoms with van der Waals surface area (Å²) < 4.78 is 18.1. The molecule has 25 heavy (non-hydrogen) atoms. The number of furan rings is 1. The normalized spacial score (nSPS) is 16.7. The number of likely N-dealkylation sites (tertiary alicyclic amines) is 1. The van der Waals surface area contributed by atoms with Crippen LogP contribution in [0.4, 0.5) is 14.9 Å². The van der Waals surface area contributed by atoms with E-state index in [9.17, 15) is 14.0 Å². The molecular formula is C18H20FN3O3. The van der Waals surface area contributed by atoms with Crippen LogP contribution < -0.4 is 10.6 Å². The van der Waals surface area contributed by atoms with Gasteiger partial charge in [-0.05, 0) is 42.8 Å². The quantitative estimate of drug-likeness (QED) is 0.875. The largest absolute Gasteiger partial charge is 0.469 e. The highest BCUT2D eigenvalue weighted by molar-refractivity contribution is 5.89. The van der Waals surface area contributed by atoms with Gasteiger partial charge in [0.25, 0.3) is 0 Å². The van der Waals surface area contributed by atoms with Crippen molar-refractivity contribution in [2.75, 3.05) is 18.4 Å². The molecule has 2 heterocycles. The number of amides is 3. The molecule has 0 unspecified atom stereocenters. The van der Waals surface area contributed by atoms with Crippen molar-refractivity contribution in [3.63, 3.8) is 0 Å². The van der Waals surface area contributed by atoms with E-state index in [1.165, 1.54) is 24.3 Å². The first kappa shape index (κ1) is 17.0. The summed E-state index contributed by atoms with van der Waals surface area (Å²) in [6.45, 7) is 1.12. The minimum atomic E-state index is -0.360. The molecule has 1 aromatic heterocycles. The highest BCUT2D eigenvalue weighted by Gasteiger charge is 2.27. The summed E-state index contributed by atoms with van der Waals surface area (Å²) in [7, 11) is 0. The van der Waals surface area contributed by atoms with Gasteiger partial charge in [0, 0.05) is 37.7 Å². The predicted octanol–water partition coefficient (Wildman–Crippen LogP) is 2.77. The lowest BCUT2D eigenvalue weighted by molar-refractivity contribution is -0.130. The van der Waals surface area contributed by atoms with Crippen LogP contribution in [-0.4, -0.2) is 36.0 Å². The summed E-state index contributed by atoms with van der Waals surface area (Å²) in [6, 6.07) is 8.75. The number of anilines is 1. The first-order valence-electron chi connectivity index (χ1n) is 8.23. The smallest absolute Gasteiger partial charge is 0.319 e. The molecule has 0 saturated carbocycles. The topological polar surface area (TPSA) is 74.6 Å². The second kappa shape index (κ2) is 7.83. The number of carbonyl (C=O) groups is 2. The molecule has 3 amide bonds. The van der Waals surface area contributed by atoms with Crippen LogP contribution in [0.25, 0.3) is 0 Å². The summed E-state index contributed by atoms with van der Waals surface area (Å²) in [6.07, 6.45) is 3.27. The molecule has 0 radical (unpaired) electrons. The average Bonchev–Trinajstić information content (AvgIpc) is 3.26. The molecule has 2 N–H and O–H groups in total. The van der Waals surface area contributed by atoms with Gasteiger partial charge in [-0.1, -0.05) is 0 Å². The van der Waals surface area contributed by atoms with Gasteiger partial charge in [-0.25, -0.2) is 9.18 Å². The SMILES string of the molecule is O=C(Nc1ccc(F)cc1)N[C@H]1CCN(C(=O)CCc2ccco2)C1. The van der Waals surface area contributed by atoms with Gasteiger partial charge in [-0.15, -0.1) is 0 Å². The van der Waals surface area contributed by atoms with E-state index in [-0.39, 0.29) is 23.8 Å². The van der Waals surface area contributed by atoms with Gasteiger partial charge >= 0.3 is 6.03 Å².